The number of nitrogens with zero attached hydrogens (tertiary/aromatic N) is 1. The molecule has 2 rings (SSSR count). The molecule has 0 atom stereocenters. The van der Waals surface area contributed by atoms with E-state index in [0.717, 1.165) is 5.56 Å². The molecule has 0 bridgehead atoms. The van der Waals surface area contributed by atoms with Crippen molar-refractivity contribution < 1.29 is 14.4 Å². The lowest BCUT2D eigenvalue weighted by molar-refractivity contribution is 0.0960. The fourth-order valence-corrected chi connectivity index (χ4v) is 2.10. The summed E-state index contributed by atoms with van der Waals surface area (Å²) in [4.78, 5) is 45.8. The maximum atomic E-state index is 12.3. The van der Waals surface area contributed by atoms with Crippen molar-refractivity contribution in [3.63, 3.8) is 0 Å². The number of nitrogens with one attached hydrogen (secondary N) is 1. The van der Waals surface area contributed by atoms with Crippen LogP contribution in [0.3, 0.4) is 0 Å². The summed E-state index contributed by atoms with van der Waals surface area (Å²) in [6, 6.07) is 8.01. The van der Waals surface area contributed by atoms with Gasteiger partial charge in [0, 0.05) is 24.4 Å². The van der Waals surface area contributed by atoms with Crippen molar-refractivity contribution in [2.45, 2.75) is 6.54 Å². The number of hydrogen-bond acceptors (Lipinski definition) is 4. The number of benzene rings is 1. The third-order valence-electron chi connectivity index (χ3n) is 3.15. The first-order chi connectivity index (χ1) is 10.6. The maximum absolute atomic E-state index is 12.3. The molecule has 1 aromatic carbocycles. The van der Waals surface area contributed by atoms with E-state index in [0.29, 0.717) is 18.1 Å². The summed E-state index contributed by atoms with van der Waals surface area (Å²) in [7, 11) is 1.41. The number of pyridine rings is 1. The van der Waals surface area contributed by atoms with Crippen molar-refractivity contribution in [2.75, 3.05) is 7.05 Å². The third-order valence-corrected chi connectivity index (χ3v) is 3.15. The van der Waals surface area contributed by atoms with Gasteiger partial charge in [-0.2, -0.15) is 0 Å². The molecular formula is C16H14N2O4. The van der Waals surface area contributed by atoms with Crippen LogP contribution in [0.1, 0.15) is 36.6 Å². The van der Waals surface area contributed by atoms with Crippen molar-refractivity contribution in [2.24, 2.45) is 0 Å². The normalized spacial score (nSPS) is 10.0. The van der Waals surface area contributed by atoms with Crippen molar-refractivity contribution in [3.05, 3.63) is 69.1 Å². The number of aromatic nitrogens is 1. The van der Waals surface area contributed by atoms with E-state index in [1.54, 1.807) is 24.3 Å². The Balaban J connectivity index is 2.49. The number of aldehydes is 2. The molecule has 112 valence electrons. The first-order valence-corrected chi connectivity index (χ1v) is 6.55. The van der Waals surface area contributed by atoms with Gasteiger partial charge in [-0.15, -0.1) is 0 Å². The minimum Gasteiger partial charge on any atom is -0.355 e. The molecule has 0 aliphatic rings. The van der Waals surface area contributed by atoms with Gasteiger partial charge in [0.2, 0.25) is 0 Å². The monoisotopic (exact) mass is 298 g/mol. The second-order valence-corrected chi connectivity index (χ2v) is 4.68. The van der Waals surface area contributed by atoms with Gasteiger partial charge in [0.15, 0.2) is 6.29 Å². The number of hydrogen-bond donors (Lipinski definition) is 1. The van der Waals surface area contributed by atoms with Crippen LogP contribution in [0.15, 0.2) is 41.3 Å². The van der Waals surface area contributed by atoms with Crippen LogP contribution in [-0.4, -0.2) is 30.1 Å². The number of carbonyl (C=O) groups excluding carboxylic acids is 3. The molecule has 22 heavy (non-hydrogen) atoms. The van der Waals surface area contributed by atoms with Crippen LogP contribution in [0.25, 0.3) is 0 Å². The molecule has 1 N–H and O–H groups in total. The summed E-state index contributed by atoms with van der Waals surface area (Å²) in [6.45, 7) is 0.159. The molecular weight excluding hydrogens is 284 g/mol. The Hall–Kier alpha value is -3.02. The standard InChI is InChI=1S/C16H14N2O4/c1-17-15(21)14-6-13(10-20)8-18(16(14)22)7-11-3-2-4-12(5-11)9-19/h2-6,8-10H,7H2,1H3,(H,17,21). The quantitative estimate of drug-likeness (QED) is 0.830. The van der Waals surface area contributed by atoms with E-state index in [9.17, 15) is 19.2 Å². The summed E-state index contributed by atoms with van der Waals surface area (Å²) < 4.78 is 1.28. The number of carbonyl (C=O) groups is 3. The predicted molar refractivity (Wildman–Crippen MR) is 80.4 cm³/mol. The maximum Gasteiger partial charge on any atom is 0.263 e. The van der Waals surface area contributed by atoms with Crippen molar-refractivity contribution in [1.29, 1.82) is 0 Å². The van der Waals surface area contributed by atoms with Gasteiger partial charge in [-0.25, -0.2) is 0 Å². The minimum absolute atomic E-state index is 0.0985. The minimum atomic E-state index is -0.552. The van der Waals surface area contributed by atoms with Crippen molar-refractivity contribution in [3.8, 4) is 0 Å². The molecule has 1 heterocycles. The van der Waals surface area contributed by atoms with Gasteiger partial charge in [-0.05, 0) is 17.7 Å². The summed E-state index contributed by atoms with van der Waals surface area (Å²) in [5.74, 6) is -0.552. The first kappa shape index (κ1) is 15.4. The SMILES string of the molecule is CNC(=O)c1cc(C=O)cn(Cc2cccc(C=O)c2)c1=O. The van der Waals surface area contributed by atoms with Gasteiger partial charge in [-0.3, -0.25) is 19.2 Å². The topological polar surface area (TPSA) is 85.2 Å². The van der Waals surface area contributed by atoms with Gasteiger partial charge in [0.05, 0.1) is 6.54 Å². The zero-order chi connectivity index (χ0) is 16.1. The van der Waals surface area contributed by atoms with Crippen LogP contribution < -0.4 is 10.9 Å². The van der Waals surface area contributed by atoms with Crippen LogP contribution in [0, 0.1) is 0 Å². The molecule has 0 aliphatic carbocycles. The molecule has 0 radical (unpaired) electrons. The smallest absolute Gasteiger partial charge is 0.263 e. The number of amides is 1. The van der Waals surface area contributed by atoms with E-state index in [-0.39, 0.29) is 17.7 Å². The van der Waals surface area contributed by atoms with Crippen molar-refractivity contribution >= 4 is 18.5 Å². The van der Waals surface area contributed by atoms with Crippen LogP contribution >= 0.6 is 0 Å². The Morgan fingerprint density at radius 3 is 2.55 bits per heavy atom. The van der Waals surface area contributed by atoms with Gasteiger partial charge in [0.1, 0.15) is 11.8 Å². The lowest BCUT2D eigenvalue weighted by Crippen LogP contribution is -2.31. The van der Waals surface area contributed by atoms with Crippen LogP contribution in [-0.2, 0) is 6.54 Å². The van der Waals surface area contributed by atoms with Crippen LogP contribution in [0.2, 0.25) is 0 Å². The van der Waals surface area contributed by atoms with Gasteiger partial charge in [0.25, 0.3) is 11.5 Å². The number of rotatable bonds is 5. The highest BCUT2D eigenvalue weighted by Crippen LogP contribution is 2.06. The van der Waals surface area contributed by atoms with Gasteiger partial charge < -0.3 is 9.88 Å². The Morgan fingerprint density at radius 1 is 1.18 bits per heavy atom. The Morgan fingerprint density at radius 2 is 1.91 bits per heavy atom. The molecule has 6 nitrogen and oxygen atoms in total. The highest BCUT2D eigenvalue weighted by atomic mass is 16.2. The Bertz CT molecular complexity index is 793. The summed E-state index contributed by atoms with van der Waals surface area (Å²) in [6.07, 6.45) is 2.67. The molecule has 6 heteroatoms. The van der Waals surface area contributed by atoms with E-state index in [2.05, 4.69) is 5.32 Å². The fraction of sp³-hybridized carbons (Fsp3) is 0.125. The molecule has 1 amide bonds. The summed E-state index contributed by atoms with van der Waals surface area (Å²) in [5, 5.41) is 2.37. The molecule has 0 spiro atoms. The average Bonchev–Trinajstić information content (AvgIpc) is 2.56. The molecule has 0 aliphatic heterocycles. The zero-order valence-corrected chi connectivity index (χ0v) is 11.9. The molecule has 0 saturated carbocycles. The lowest BCUT2D eigenvalue weighted by Gasteiger charge is -2.09. The molecule has 2 aromatic rings. The highest BCUT2D eigenvalue weighted by Gasteiger charge is 2.13. The molecule has 0 saturated heterocycles. The Kier molecular flexibility index (Phi) is 4.63. The van der Waals surface area contributed by atoms with E-state index in [1.807, 2.05) is 0 Å². The van der Waals surface area contributed by atoms with E-state index in [1.165, 1.54) is 23.9 Å². The second kappa shape index (κ2) is 6.62. The molecule has 0 fully saturated rings. The van der Waals surface area contributed by atoms with Crippen LogP contribution in [0.4, 0.5) is 0 Å². The molecule has 0 unspecified atom stereocenters. The summed E-state index contributed by atoms with van der Waals surface area (Å²) in [5.41, 5.74) is 0.839. The second-order valence-electron chi connectivity index (χ2n) is 4.68. The zero-order valence-electron chi connectivity index (χ0n) is 11.9. The van der Waals surface area contributed by atoms with Crippen LogP contribution in [0.5, 0.6) is 0 Å². The van der Waals surface area contributed by atoms with E-state index in [4.69, 9.17) is 0 Å². The van der Waals surface area contributed by atoms with Gasteiger partial charge in [-0.1, -0.05) is 18.2 Å². The van der Waals surface area contributed by atoms with Crippen molar-refractivity contribution in [1.82, 2.24) is 9.88 Å². The Labute approximate surface area is 126 Å². The molecule has 1 aromatic heterocycles. The lowest BCUT2D eigenvalue weighted by atomic mass is 10.1. The third kappa shape index (κ3) is 3.17. The first-order valence-electron chi connectivity index (χ1n) is 6.55. The largest absolute Gasteiger partial charge is 0.355 e. The van der Waals surface area contributed by atoms with Gasteiger partial charge >= 0.3 is 0 Å². The van der Waals surface area contributed by atoms with E-state index < -0.39 is 11.5 Å². The summed E-state index contributed by atoms with van der Waals surface area (Å²) >= 11 is 0. The highest BCUT2D eigenvalue weighted by molar-refractivity contribution is 5.95. The predicted octanol–water partition coefficient (Wildman–Crippen LogP) is 0.881. The average molecular weight is 298 g/mol. The fourth-order valence-electron chi connectivity index (χ4n) is 2.10. The van der Waals surface area contributed by atoms with E-state index >= 15 is 0 Å².